The second-order valence-corrected chi connectivity index (χ2v) is 7.99. The number of aromatic nitrogens is 6. The first-order valence-electron chi connectivity index (χ1n) is 11.8. The number of ether oxygens (including phenoxy) is 4. The van der Waals surface area contributed by atoms with Crippen LogP contribution in [0.2, 0.25) is 0 Å². The van der Waals surface area contributed by atoms with Crippen molar-refractivity contribution in [3.05, 3.63) is 67.0 Å². The van der Waals surface area contributed by atoms with Crippen LogP contribution in [-0.2, 0) is 0 Å². The quantitative estimate of drug-likeness (QED) is 0.287. The molecule has 198 valence electrons. The number of hydrogen-bond donors (Lipinski definition) is 2. The molecule has 1 amide bonds. The molecule has 5 rings (SSSR count). The summed E-state index contributed by atoms with van der Waals surface area (Å²) in [7, 11) is 3.12. The van der Waals surface area contributed by atoms with E-state index in [1.54, 1.807) is 56.9 Å². The molecule has 5 aromatic rings. The molecular weight excluding hydrogens is 504 g/mol. The molecule has 0 aliphatic carbocycles. The number of carbonyl (C=O) groups excluding carboxylic acids is 1. The fraction of sp³-hybridized carbons (Fsp3) is 0.154. The lowest BCUT2D eigenvalue weighted by Crippen LogP contribution is -2.15. The van der Waals surface area contributed by atoms with E-state index in [1.165, 1.54) is 23.3 Å². The second kappa shape index (κ2) is 10.9. The van der Waals surface area contributed by atoms with E-state index in [-0.39, 0.29) is 11.6 Å². The molecule has 4 heterocycles. The lowest BCUT2D eigenvalue weighted by molar-refractivity contribution is 0.101. The van der Waals surface area contributed by atoms with Crippen molar-refractivity contribution in [3.8, 4) is 34.4 Å². The van der Waals surface area contributed by atoms with Gasteiger partial charge in [0.15, 0.2) is 22.9 Å². The Morgan fingerprint density at radius 3 is 2.41 bits per heavy atom. The zero-order valence-corrected chi connectivity index (χ0v) is 21.3. The molecule has 0 radical (unpaired) electrons. The van der Waals surface area contributed by atoms with Gasteiger partial charge in [-0.25, -0.2) is 19.6 Å². The summed E-state index contributed by atoms with van der Waals surface area (Å²) in [4.78, 5) is 29.6. The van der Waals surface area contributed by atoms with E-state index >= 15 is 0 Å². The first kappa shape index (κ1) is 25.2. The summed E-state index contributed by atoms with van der Waals surface area (Å²) in [6.07, 6.45) is 7.69. The standard InChI is InChI=1S/C26H24N8O5/c1-4-38-22-14-34(15-11-30-26(27)31-12-15)33-24(22)25(35)32-23-6-5-16(13-29-23)39-19-7-8-28-18-10-21(37-3)20(36-2)9-17(18)19/h5-14H,4H2,1-3H3,(H2,27,30,31)(H,29,32,35). The van der Waals surface area contributed by atoms with E-state index in [1.807, 2.05) is 6.92 Å². The SMILES string of the molecule is CCOc1cn(-c2cnc(N)nc2)nc1C(=O)Nc1ccc(Oc2ccnc3cc(OC)c(OC)cc23)cn1. The number of nitrogen functional groups attached to an aromatic ring is 1. The monoisotopic (exact) mass is 528 g/mol. The van der Waals surface area contributed by atoms with Crippen molar-refractivity contribution < 1.29 is 23.7 Å². The van der Waals surface area contributed by atoms with E-state index in [4.69, 9.17) is 24.7 Å². The molecule has 0 aliphatic rings. The molecule has 13 heteroatoms. The van der Waals surface area contributed by atoms with Crippen LogP contribution >= 0.6 is 0 Å². The number of hydrogen-bond acceptors (Lipinski definition) is 11. The third-order valence-electron chi connectivity index (χ3n) is 5.53. The van der Waals surface area contributed by atoms with Crippen molar-refractivity contribution >= 4 is 28.6 Å². The minimum atomic E-state index is -0.504. The van der Waals surface area contributed by atoms with Crippen molar-refractivity contribution in [2.45, 2.75) is 6.92 Å². The Morgan fingerprint density at radius 2 is 1.72 bits per heavy atom. The molecule has 0 fully saturated rings. The van der Waals surface area contributed by atoms with E-state index in [2.05, 4.69) is 30.4 Å². The van der Waals surface area contributed by atoms with Gasteiger partial charge >= 0.3 is 0 Å². The number of rotatable bonds is 9. The second-order valence-electron chi connectivity index (χ2n) is 7.99. The van der Waals surface area contributed by atoms with E-state index < -0.39 is 5.91 Å². The van der Waals surface area contributed by atoms with Gasteiger partial charge in [0, 0.05) is 17.6 Å². The molecule has 0 spiro atoms. The van der Waals surface area contributed by atoms with E-state index in [9.17, 15) is 4.79 Å². The van der Waals surface area contributed by atoms with Crippen molar-refractivity contribution in [1.29, 1.82) is 0 Å². The molecule has 0 saturated carbocycles. The van der Waals surface area contributed by atoms with Crippen LogP contribution in [0.1, 0.15) is 17.4 Å². The molecule has 39 heavy (non-hydrogen) atoms. The fourth-order valence-electron chi connectivity index (χ4n) is 3.71. The van der Waals surface area contributed by atoms with Crippen LogP contribution in [0, 0.1) is 0 Å². The van der Waals surface area contributed by atoms with Crippen molar-refractivity contribution in [2.75, 3.05) is 31.9 Å². The van der Waals surface area contributed by atoms with Gasteiger partial charge in [-0.05, 0) is 31.2 Å². The Labute approximate surface area is 222 Å². The summed E-state index contributed by atoms with van der Waals surface area (Å²) >= 11 is 0. The maximum atomic E-state index is 13.0. The van der Waals surface area contributed by atoms with E-state index in [0.29, 0.717) is 52.4 Å². The number of carbonyl (C=O) groups is 1. The first-order valence-corrected chi connectivity index (χ1v) is 11.8. The van der Waals surface area contributed by atoms with Crippen molar-refractivity contribution in [3.63, 3.8) is 0 Å². The molecule has 1 aromatic carbocycles. The predicted octanol–water partition coefficient (Wildman–Crippen LogP) is 3.65. The fourth-order valence-corrected chi connectivity index (χ4v) is 3.71. The zero-order valence-electron chi connectivity index (χ0n) is 21.3. The number of nitrogens with two attached hydrogens (primary N) is 1. The molecule has 0 aliphatic heterocycles. The van der Waals surface area contributed by atoms with Gasteiger partial charge in [0.25, 0.3) is 5.91 Å². The van der Waals surface area contributed by atoms with Gasteiger partial charge in [0.2, 0.25) is 5.95 Å². The van der Waals surface area contributed by atoms with Gasteiger partial charge in [-0.15, -0.1) is 0 Å². The van der Waals surface area contributed by atoms with Gasteiger partial charge in [-0.1, -0.05) is 0 Å². The smallest absolute Gasteiger partial charge is 0.281 e. The Hall–Kier alpha value is -5.46. The van der Waals surface area contributed by atoms with Crippen LogP contribution in [0.4, 0.5) is 11.8 Å². The number of anilines is 2. The first-order chi connectivity index (χ1) is 19.0. The van der Waals surface area contributed by atoms with Crippen LogP contribution in [-0.4, -0.2) is 56.5 Å². The van der Waals surface area contributed by atoms with Crippen molar-refractivity contribution in [2.24, 2.45) is 0 Å². The van der Waals surface area contributed by atoms with Crippen LogP contribution in [0.3, 0.4) is 0 Å². The summed E-state index contributed by atoms with van der Waals surface area (Å²) in [5, 5.41) is 7.80. The molecule has 0 unspecified atom stereocenters. The summed E-state index contributed by atoms with van der Waals surface area (Å²) in [5.74, 6) is 2.35. The maximum absolute atomic E-state index is 13.0. The Kier molecular flexibility index (Phi) is 7.03. The molecule has 0 saturated heterocycles. The normalized spacial score (nSPS) is 10.7. The number of benzene rings is 1. The maximum Gasteiger partial charge on any atom is 0.281 e. The largest absolute Gasteiger partial charge is 0.493 e. The molecule has 4 aromatic heterocycles. The number of nitrogens with one attached hydrogen (secondary N) is 1. The van der Waals surface area contributed by atoms with Gasteiger partial charge in [-0.3, -0.25) is 9.78 Å². The highest BCUT2D eigenvalue weighted by atomic mass is 16.5. The highest BCUT2D eigenvalue weighted by Crippen LogP contribution is 2.36. The zero-order chi connectivity index (χ0) is 27.4. The third kappa shape index (κ3) is 5.32. The Balaban J connectivity index is 1.34. The summed E-state index contributed by atoms with van der Waals surface area (Å²) < 4.78 is 23.9. The number of amides is 1. The summed E-state index contributed by atoms with van der Waals surface area (Å²) in [6, 6.07) is 8.61. The highest BCUT2D eigenvalue weighted by molar-refractivity contribution is 6.04. The summed E-state index contributed by atoms with van der Waals surface area (Å²) in [5.41, 5.74) is 6.82. The lowest BCUT2D eigenvalue weighted by Gasteiger charge is -2.12. The third-order valence-corrected chi connectivity index (χ3v) is 5.53. The predicted molar refractivity (Wildman–Crippen MR) is 142 cm³/mol. The number of pyridine rings is 2. The van der Waals surface area contributed by atoms with Crippen LogP contribution in [0.25, 0.3) is 16.6 Å². The number of methoxy groups -OCH3 is 2. The van der Waals surface area contributed by atoms with Gasteiger partial charge in [-0.2, -0.15) is 5.10 Å². The average molecular weight is 529 g/mol. The average Bonchev–Trinajstić information content (AvgIpc) is 3.38. The Bertz CT molecular complexity index is 1620. The molecule has 0 bridgehead atoms. The minimum Gasteiger partial charge on any atom is -0.493 e. The van der Waals surface area contributed by atoms with Crippen molar-refractivity contribution in [1.82, 2.24) is 29.7 Å². The topological polar surface area (TPSA) is 161 Å². The highest BCUT2D eigenvalue weighted by Gasteiger charge is 2.20. The van der Waals surface area contributed by atoms with Gasteiger partial charge in [0.05, 0.1) is 51.1 Å². The summed E-state index contributed by atoms with van der Waals surface area (Å²) in [6.45, 7) is 2.15. The molecular formula is C26H24N8O5. The minimum absolute atomic E-state index is 0.0726. The lowest BCUT2D eigenvalue weighted by atomic mass is 10.2. The van der Waals surface area contributed by atoms with E-state index in [0.717, 1.165) is 5.39 Å². The van der Waals surface area contributed by atoms with Crippen LogP contribution in [0.5, 0.6) is 28.7 Å². The van der Waals surface area contributed by atoms with Crippen LogP contribution < -0.4 is 30.0 Å². The molecule has 3 N–H and O–H groups in total. The Morgan fingerprint density at radius 1 is 0.949 bits per heavy atom. The molecule has 0 atom stereocenters. The molecule has 13 nitrogen and oxygen atoms in total. The number of fused-ring (bicyclic) bond motifs is 1. The van der Waals surface area contributed by atoms with Crippen LogP contribution in [0.15, 0.2) is 61.3 Å². The van der Waals surface area contributed by atoms with Gasteiger partial charge in [0.1, 0.15) is 23.0 Å². The van der Waals surface area contributed by atoms with Gasteiger partial charge < -0.3 is 30.0 Å². The number of nitrogens with zero attached hydrogens (tertiary/aromatic N) is 6.